The predicted molar refractivity (Wildman–Crippen MR) is 110 cm³/mol. The van der Waals surface area contributed by atoms with E-state index < -0.39 is 31.1 Å². The Bertz CT molecular complexity index is 1280. The molecule has 0 radical (unpaired) electrons. The van der Waals surface area contributed by atoms with Gasteiger partial charge in [0, 0.05) is 5.56 Å². The van der Waals surface area contributed by atoms with Crippen molar-refractivity contribution in [1.82, 2.24) is 19.5 Å². The van der Waals surface area contributed by atoms with Crippen molar-refractivity contribution in [3.05, 3.63) is 60.7 Å². The first-order valence-corrected chi connectivity index (χ1v) is 9.67. The van der Waals surface area contributed by atoms with Gasteiger partial charge in [-0.25, -0.2) is 15.0 Å². The van der Waals surface area contributed by atoms with Crippen molar-refractivity contribution in [2.75, 3.05) is 11.9 Å². The molecule has 158 valence electrons. The molecule has 2 aromatic heterocycles. The molecular formula is C21H19N5O5. The zero-order valence-corrected chi connectivity index (χ0v) is 16.2. The summed E-state index contributed by atoms with van der Waals surface area (Å²) in [5.74, 6) is -0.151. The van der Waals surface area contributed by atoms with Crippen molar-refractivity contribution in [2.45, 2.75) is 24.5 Å². The Morgan fingerprint density at radius 2 is 1.87 bits per heavy atom. The average molecular weight is 421 g/mol. The third-order valence-corrected chi connectivity index (χ3v) is 5.39. The average Bonchev–Trinajstić information content (AvgIpc) is 3.35. The largest absolute Gasteiger partial charge is 0.394 e. The number of imidazole rings is 1. The highest BCUT2D eigenvalue weighted by Gasteiger charge is 2.44. The van der Waals surface area contributed by atoms with E-state index in [-0.39, 0.29) is 11.7 Å². The van der Waals surface area contributed by atoms with Crippen LogP contribution in [0.5, 0.6) is 0 Å². The Hall–Kier alpha value is -3.44. The van der Waals surface area contributed by atoms with Crippen molar-refractivity contribution >= 4 is 33.7 Å². The molecule has 1 fully saturated rings. The number of rotatable bonds is 4. The van der Waals surface area contributed by atoms with E-state index in [9.17, 15) is 20.1 Å². The summed E-state index contributed by atoms with van der Waals surface area (Å²) in [6, 6.07) is 13.1. The summed E-state index contributed by atoms with van der Waals surface area (Å²) in [6.45, 7) is -0.441. The van der Waals surface area contributed by atoms with Crippen LogP contribution in [-0.4, -0.2) is 65.7 Å². The fourth-order valence-corrected chi connectivity index (χ4v) is 3.75. The van der Waals surface area contributed by atoms with E-state index in [1.807, 2.05) is 30.3 Å². The Morgan fingerprint density at radius 1 is 1.06 bits per heavy atom. The van der Waals surface area contributed by atoms with Crippen LogP contribution < -0.4 is 5.32 Å². The summed E-state index contributed by atoms with van der Waals surface area (Å²) >= 11 is 0. The number of hydrogen-bond donors (Lipinski definition) is 4. The molecule has 1 aliphatic heterocycles. The maximum atomic E-state index is 12.8. The number of aliphatic hydroxyl groups excluding tert-OH is 3. The van der Waals surface area contributed by atoms with Gasteiger partial charge in [-0.15, -0.1) is 0 Å². The van der Waals surface area contributed by atoms with Crippen LogP contribution in [0.15, 0.2) is 55.1 Å². The van der Waals surface area contributed by atoms with Crippen molar-refractivity contribution in [1.29, 1.82) is 0 Å². The number of nitrogens with zero attached hydrogens (tertiary/aromatic N) is 4. The molecule has 0 bridgehead atoms. The number of aromatic nitrogens is 4. The molecule has 0 unspecified atom stereocenters. The molecule has 1 saturated heterocycles. The number of benzene rings is 2. The van der Waals surface area contributed by atoms with Gasteiger partial charge in [0.05, 0.1) is 12.9 Å². The topological polar surface area (TPSA) is 143 Å². The van der Waals surface area contributed by atoms with Gasteiger partial charge in [0.1, 0.15) is 24.6 Å². The van der Waals surface area contributed by atoms with Crippen LogP contribution >= 0.6 is 0 Å². The van der Waals surface area contributed by atoms with Gasteiger partial charge in [0.2, 0.25) is 0 Å². The van der Waals surface area contributed by atoms with Gasteiger partial charge in [-0.05, 0) is 22.9 Å². The molecule has 4 N–H and O–H groups in total. The number of amides is 1. The fraction of sp³-hybridized carbons (Fsp3) is 0.238. The molecule has 10 heteroatoms. The highest BCUT2D eigenvalue weighted by molar-refractivity contribution is 6.08. The van der Waals surface area contributed by atoms with Crippen LogP contribution in [0.25, 0.3) is 21.9 Å². The van der Waals surface area contributed by atoms with Gasteiger partial charge >= 0.3 is 0 Å². The molecule has 1 amide bonds. The summed E-state index contributed by atoms with van der Waals surface area (Å²) in [5.41, 5.74) is 1.07. The quantitative estimate of drug-likeness (QED) is 0.380. The van der Waals surface area contributed by atoms with Gasteiger partial charge in [-0.3, -0.25) is 9.36 Å². The molecule has 10 nitrogen and oxygen atoms in total. The first kappa shape index (κ1) is 19.5. The zero-order valence-electron chi connectivity index (χ0n) is 16.2. The van der Waals surface area contributed by atoms with Crippen LogP contribution in [-0.2, 0) is 4.74 Å². The summed E-state index contributed by atoms with van der Waals surface area (Å²) in [7, 11) is 0. The lowest BCUT2D eigenvalue weighted by molar-refractivity contribution is -0.0511. The monoisotopic (exact) mass is 421 g/mol. The lowest BCUT2D eigenvalue weighted by atomic mass is 10.1. The number of nitrogens with one attached hydrogen (secondary N) is 1. The summed E-state index contributed by atoms with van der Waals surface area (Å²) in [4.78, 5) is 25.4. The molecule has 0 aliphatic carbocycles. The van der Waals surface area contributed by atoms with Crippen molar-refractivity contribution in [3.8, 4) is 0 Å². The molecule has 5 rings (SSSR count). The van der Waals surface area contributed by atoms with Crippen molar-refractivity contribution < 1.29 is 24.9 Å². The van der Waals surface area contributed by atoms with E-state index in [1.165, 1.54) is 17.2 Å². The Kier molecular flexibility index (Phi) is 4.83. The van der Waals surface area contributed by atoms with Crippen molar-refractivity contribution in [3.63, 3.8) is 0 Å². The van der Waals surface area contributed by atoms with Crippen LogP contribution in [0.2, 0.25) is 0 Å². The van der Waals surface area contributed by atoms with Crippen LogP contribution in [0.3, 0.4) is 0 Å². The molecule has 0 saturated carbocycles. The lowest BCUT2D eigenvalue weighted by Crippen LogP contribution is -2.33. The smallest absolute Gasteiger partial charge is 0.256 e. The molecule has 2 aromatic carbocycles. The standard InChI is InChI=1S/C21H19N5O5/c27-8-14-16(28)17(29)21(31-14)26-10-24-15-18(22-9-23-19(15)26)25-20(30)13-6-5-11-3-1-2-4-12(11)7-13/h1-7,9-10,14,16-17,21,27-29H,8H2,(H,22,23,25,30)/t14-,16-,17-,21-/m1/s1. The first-order valence-electron chi connectivity index (χ1n) is 9.67. The molecule has 31 heavy (non-hydrogen) atoms. The zero-order chi connectivity index (χ0) is 21.5. The van der Waals surface area contributed by atoms with Crippen LogP contribution in [0.1, 0.15) is 16.6 Å². The number of fused-ring (bicyclic) bond motifs is 2. The van der Waals surface area contributed by atoms with E-state index in [1.54, 1.807) is 12.1 Å². The minimum atomic E-state index is -1.28. The summed E-state index contributed by atoms with van der Waals surface area (Å²) in [6.07, 6.45) is -1.80. The fourth-order valence-electron chi connectivity index (χ4n) is 3.75. The molecular weight excluding hydrogens is 402 g/mol. The molecule has 3 heterocycles. The molecule has 0 spiro atoms. The lowest BCUT2D eigenvalue weighted by Gasteiger charge is -2.16. The van der Waals surface area contributed by atoms with Gasteiger partial charge in [-0.2, -0.15) is 0 Å². The maximum absolute atomic E-state index is 12.8. The van der Waals surface area contributed by atoms with Gasteiger partial charge in [0.15, 0.2) is 23.2 Å². The highest BCUT2D eigenvalue weighted by atomic mass is 16.6. The predicted octanol–water partition coefficient (Wildman–Crippen LogP) is 0.843. The SMILES string of the molecule is O=C(Nc1ncnc2c1ncn2[C@@H]1O[C@H](CO)[C@@H](O)[C@H]1O)c1ccc2ccccc2c1. The van der Waals surface area contributed by atoms with E-state index in [4.69, 9.17) is 4.74 Å². The summed E-state index contributed by atoms with van der Waals surface area (Å²) in [5, 5.41) is 34.3. The maximum Gasteiger partial charge on any atom is 0.256 e. The second-order valence-corrected chi connectivity index (χ2v) is 7.29. The normalized spacial score (nSPS) is 23.5. The molecule has 4 aromatic rings. The van der Waals surface area contributed by atoms with E-state index >= 15 is 0 Å². The molecule has 4 atom stereocenters. The Balaban J connectivity index is 1.45. The van der Waals surface area contributed by atoms with Gasteiger partial charge in [0.25, 0.3) is 5.91 Å². The Morgan fingerprint density at radius 3 is 2.65 bits per heavy atom. The molecule has 1 aliphatic rings. The van der Waals surface area contributed by atoms with E-state index in [0.29, 0.717) is 16.7 Å². The number of carbonyl (C=O) groups excluding carboxylic acids is 1. The van der Waals surface area contributed by atoms with Crippen LogP contribution in [0, 0.1) is 0 Å². The number of carbonyl (C=O) groups is 1. The number of aliphatic hydroxyl groups is 3. The number of ether oxygens (including phenoxy) is 1. The van der Waals surface area contributed by atoms with E-state index in [2.05, 4.69) is 20.3 Å². The minimum absolute atomic E-state index is 0.202. The second kappa shape index (κ2) is 7.67. The minimum Gasteiger partial charge on any atom is -0.394 e. The number of anilines is 1. The third kappa shape index (κ3) is 3.31. The van der Waals surface area contributed by atoms with Gasteiger partial charge < -0.3 is 25.4 Å². The second-order valence-electron chi connectivity index (χ2n) is 7.29. The summed E-state index contributed by atoms with van der Waals surface area (Å²) < 4.78 is 6.98. The third-order valence-electron chi connectivity index (χ3n) is 5.39. The van der Waals surface area contributed by atoms with Crippen LogP contribution in [0.4, 0.5) is 5.82 Å². The van der Waals surface area contributed by atoms with Gasteiger partial charge in [-0.1, -0.05) is 30.3 Å². The Labute approximate surface area is 175 Å². The number of hydrogen-bond acceptors (Lipinski definition) is 8. The van der Waals surface area contributed by atoms with E-state index in [0.717, 1.165) is 10.8 Å². The first-order chi connectivity index (χ1) is 15.1. The van der Waals surface area contributed by atoms with Crippen molar-refractivity contribution in [2.24, 2.45) is 0 Å². The highest BCUT2D eigenvalue weighted by Crippen LogP contribution is 2.32.